The first-order valence-corrected chi connectivity index (χ1v) is 7.47. The summed E-state index contributed by atoms with van der Waals surface area (Å²) in [5.74, 6) is 1.34. The van der Waals surface area contributed by atoms with Crippen molar-refractivity contribution in [3.8, 4) is 0 Å². The van der Waals surface area contributed by atoms with Crippen molar-refractivity contribution in [3.05, 3.63) is 35.4 Å². The number of nitrogens with one attached hydrogen (secondary N) is 1. The van der Waals surface area contributed by atoms with Gasteiger partial charge in [0.05, 0.1) is 6.61 Å². The molecular weight excluding hydrogens is 234 g/mol. The Kier molecular flexibility index (Phi) is 7.76. The molecule has 19 heavy (non-hydrogen) atoms. The number of benzene rings is 1. The molecule has 0 aliphatic carbocycles. The van der Waals surface area contributed by atoms with Gasteiger partial charge in [0.1, 0.15) is 0 Å². The maximum atomic E-state index is 5.57. The lowest BCUT2D eigenvalue weighted by molar-refractivity contribution is 0.125. The standard InChI is InChI=1S/C17H29NO/c1-14(2)9-11-19-12-10-18-13-16-5-7-17(8-6-16)15(3)4/h5-8,14-15,18H,9-13H2,1-4H3. The Balaban J connectivity index is 2.09. The van der Waals surface area contributed by atoms with E-state index in [1.165, 1.54) is 11.1 Å². The van der Waals surface area contributed by atoms with Crippen molar-refractivity contribution in [2.45, 2.75) is 46.6 Å². The molecule has 1 N–H and O–H groups in total. The SMILES string of the molecule is CC(C)CCOCCNCc1ccc(C(C)C)cc1. The van der Waals surface area contributed by atoms with Crippen molar-refractivity contribution in [3.63, 3.8) is 0 Å². The normalized spacial score (nSPS) is 11.5. The Morgan fingerprint density at radius 1 is 1.00 bits per heavy atom. The number of rotatable bonds is 9. The van der Waals surface area contributed by atoms with E-state index in [2.05, 4.69) is 57.3 Å². The van der Waals surface area contributed by atoms with Crippen LogP contribution in [0.1, 0.15) is 51.2 Å². The molecule has 2 nitrogen and oxygen atoms in total. The topological polar surface area (TPSA) is 21.3 Å². The largest absolute Gasteiger partial charge is 0.380 e. The van der Waals surface area contributed by atoms with Gasteiger partial charge in [0.25, 0.3) is 0 Å². The molecule has 0 aliphatic rings. The van der Waals surface area contributed by atoms with Gasteiger partial charge in [0.2, 0.25) is 0 Å². The zero-order chi connectivity index (χ0) is 14.1. The van der Waals surface area contributed by atoms with E-state index in [0.717, 1.165) is 38.6 Å². The van der Waals surface area contributed by atoms with Crippen molar-refractivity contribution in [1.29, 1.82) is 0 Å². The molecule has 0 fully saturated rings. The van der Waals surface area contributed by atoms with Crippen molar-refractivity contribution >= 4 is 0 Å². The molecule has 2 heteroatoms. The predicted octanol–water partition coefficient (Wildman–Crippen LogP) is 3.96. The Bertz CT molecular complexity index is 330. The van der Waals surface area contributed by atoms with Crippen molar-refractivity contribution < 1.29 is 4.74 Å². The molecule has 108 valence electrons. The molecular formula is C17H29NO. The highest BCUT2D eigenvalue weighted by Crippen LogP contribution is 2.14. The van der Waals surface area contributed by atoms with E-state index in [1.807, 2.05) is 0 Å². The lowest BCUT2D eigenvalue weighted by Crippen LogP contribution is -2.19. The minimum atomic E-state index is 0.608. The minimum absolute atomic E-state index is 0.608. The Morgan fingerprint density at radius 2 is 1.68 bits per heavy atom. The molecule has 0 saturated heterocycles. The number of hydrogen-bond acceptors (Lipinski definition) is 2. The van der Waals surface area contributed by atoms with Gasteiger partial charge in [-0.2, -0.15) is 0 Å². The predicted molar refractivity (Wildman–Crippen MR) is 82.5 cm³/mol. The first-order chi connectivity index (χ1) is 9.09. The number of ether oxygens (including phenoxy) is 1. The maximum absolute atomic E-state index is 5.57. The highest BCUT2D eigenvalue weighted by atomic mass is 16.5. The van der Waals surface area contributed by atoms with Crippen LogP contribution in [0.2, 0.25) is 0 Å². The van der Waals surface area contributed by atoms with Crippen LogP contribution in [-0.2, 0) is 11.3 Å². The van der Waals surface area contributed by atoms with Gasteiger partial charge in [-0.05, 0) is 29.4 Å². The molecule has 0 spiro atoms. The molecule has 0 unspecified atom stereocenters. The third kappa shape index (κ3) is 7.34. The lowest BCUT2D eigenvalue weighted by atomic mass is 10.0. The summed E-state index contributed by atoms with van der Waals surface area (Å²) in [7, 11) is 0. The molecule has 0 aromatic heterocycles. The summed E-state index contributed by atoms with van der Waals surface area (Å²) in [6.45, 7) is 12.4. The molecule has 1 rings (SSSR count). The summed E-state index contributed by atoms with van der Waals surface area (Å²) in [5, 5.41) is 3.41. The van der Waals surface area contributed by atoms with Crippen LogP contribution in [-0.4, -0.2) is 19.8 Å². The second-order valence-electron chi connectivity index (χ2n) is 5.87. The molecule has 0 amide bonds. The van der Waals surface area contributed by atoms with Crippen molar-refractivity contribution in [2.24, 2.45) is 5.92 Å². The highest BCUT2D eigenvalue weighted by molar-refractivity contribution is 5.24. The molecule has 0 aliphatic heterocycles. The molecule has 1 aromatic rings. The van der Waals surface area contributed by atoms with Gasteiger partial charge in [-0.15, -0.1) is 0 Å². The second kappa shape index (κ2) is 9.11. The van der Waals surface area contributed by atoms with E-state index in [9.17, 15) is 0 Å². The zero-order valence-corrected chi connectivity index (χ0v) is 12.9. The van der Waals surface area contributed by atoms with Gasteiger partial charge < -0.3 is 10.1 Å². The maximum Gasteiger partial charge on any atom is 0.0591 e. The fourth-order valence-electron chi connectivity index (χ4n) is 1.82. The fourth-order valence-corrected chi connectivity index (χ4v) is 1.82. The molecule has 0 saturated carbocycles. The van der Waals surface area contributed by atoms with Crippen molar-refractivity contribution in [1.82, 2.24) is 5.32 Å². The Morgan fingerprint density at radius 3 is 2.26 bits per heavy atom. The first kappa shape index (κ1) is 16.2. The van der Waals surface area contributed by atoms with Crippen LogP contribution in [0.15, 0.2) is 24.3 Å². The molecule has 1 aromatic carbocycles. The van der Waals surface area contributed by atoms with E-state index >= 15 is 0 Å². The lowest BCUT2D eigenvalue weighted by Gasteiger charge is -2.09. The summed E-state index contributed by atoms with van der Waals surface area (Å²) in [5.41, 5.74) is 2.74. The van der Waals surface area contributed by atoms with Gasteiger partial charge >= 0.3 is 0 Å². The van der Waals surface area contributed by atoms with Crippen LogP contribution in [0, 0.1) is 5.92 Å². The average molecular weight is 263 g/mol. The first-order valence-electron chi connectivity index (χ1n) is 7.47. The summed E-state index contributed by atoms with van der Waals surface area (Å²) in [6, 6.07) is 8.87. The Hall–Kier alpha value is -0.860. The van der Waals surface area contributed by atoms with E-state index in [0.29, 0.717) is 5.92 Å². The number of hydrogen-bond donors (Lipinski definition) is 1. The molecule has 0 bridgehead atoms. The van der Waals surface area contributed by atoms with Crippen LogP contribution in [0.3, 0.4) is 0 Å². The van der Waals surface area contributed by atoms with Crippen LogP contribution in [0.5, 0.6) is 0 Å². The van der Waals surface area contributed by atoms with Crippen LogP contribution in [0.4, 0.5) is 0 Å². The third-order valence-corrected chi connectivity index (χ3v) is 3.24. The molecule has 0 radical (unpaired) electrons. The summed E-state index contributed by atoms with van der Waals surface area (Å²) in [6.07, 6.45) is 1.15. The second-order valence-corrected chi connectivity index (χ2v) is 5.87. The van der Waals surface area contributed by atoms with Crippen LogP contribution in [0.25, 0.3) is 0 Å². The van der Waals surface area contributed by atoms with Gasteiger partial charge in [0.15, 0.2) is 0 Å². The van der Waals surface area contributed by atoms with Crippen molar-refractivity contribution in [2.75, 3.05) is 19.8 Å². The van der Waals surface area contributed by atoms with Gasteiger partial charge in [-0.3, -0.25) is 0 Å². The van der Waals surface area contributed by atoms with Gasteiger partial charge in [0, 0.05) is 19.7 Å². The van der Waals surface area contributed by atoms with Gasteiger partial charge in [-0.1, -0.05) is 52.0 Å². The smallest absolute Gasteiger partial charge is 0.0591 e. The summed E-state index contributed by atoms with van der Waals surface area (Å²) < 4.78 is 5.57. The average Bonchev–Trinajstić information content (AvgIpc) is 2.38. The Labute approximate surface area is 118 Å². The quantitative estimate of drug-likeness (QED) is 0.681. The van der Waals surface area contributed by atoms with E-state index in [1.54, 1.807) is 0 Å². The fraction of sp³-hybridized carbons (Fsp3) is 0.647. The molecule has 0 atom stereocenters. The summed E-state index contributed by atoms with van der Waals surface area (Å²) in [4.78, 5) is 0. The van der Waals surface area contributed by atoms with Gasteiger partial charge in [-0.25, -0.2) is 0 Å². The van der Waals surface area contributed by atoms with Crippen LogP contribution < -0.4 is 5.32 Å². The van der Waals surface area contributed by atoms with E-state index in [-0.39, 0.29) is 0 Å². The highest BCUT2D eigenvalue weighted by Gasteiger charge is 1.99. The van der Waals surface area contributed by atoms with E-state index in [4.69, 9.17) is 4.74 Å². The minimum Gasteiger partial charge on any atom is -0.380 e. The monoisotopic (exact) mass is 263 g/mol. The van der Waals surface area contributed by atoms with E-state index < -0.39 is 0 Å². The molecule has 0 heterocycles. The third-order valence-electron chi connectivity index (χ3n) is 3.24. The zero-order valence-electron chi connectivity index (χ0n) is 12.9. The summed E-state index contributed by atoms with van der Waals surface area (Å²) >= 11 is 0. The van der Waals surface area contributed by atoms with Crippen LogP contribution >= 0.6 is 0 Å².